The quantitative estimate of drug-likeness (QED) is 0.834. The predicted molar refractivity (Wildman–Crippen MR) is 99.0 cm³/mol. The number of anilines is 1. The molecule has 1 aromatic carbocycles. The average molecular weight is 368 g/mol. The summed E-state index contributed by atoms with van der Waals surface area (Å²) in [5.41, 5.74) is 0.794. The second-order valence-electron chi connectivity index (χ2n) is 6.70. The van der Waals surface area contributed by atoms with Gasteiger partial charge in [-0.1, -0.05) is 26.8 Å². The lowest BCUT2D eigenvalue weighted by Gasteiger charge is -2.33. The highest BCUT2D eigenvalue weighted by molar-refractivity contribution is 7.90. The Labute approximate surface area is 151 Å². The Morgan fingerprint density at radius 1 is 1.28 bits per heavy atom. The van der Waals surface area contributed by atoms with Crippen LogP contribution in [-0.2, 0) is 19.6 Å². The number of rotatable bonds is 6. The number of piperidine rings is 1. The molecule has 0 saturated carbocycles. The van der Waals surface area contributed by atoms with Crippen LogP contribution >= 0.6 is 0 Å². The molecule has 6 nitrogen and oxygen atoms in total. The summed E-state index contributed by atoms with van der Waals surface area (Å²) in [6, 6.07) is 6.58. The minimum Gasteiger partial charge on any atom is -0.371 e. The molecule has 1 aliphatic rings. The van der Waals surface area contributed by atoms with Crippen LogP contribution in [0.4, 0.5) is 5.69 Å². The Balaban J connectivity index is 0.00000338. The highest BCUT2D eigenvalue weighted by atomic mass is 32.2. The summed E-state index contributed by atoms with van der Waals surface area (Å²) in [5.74, 6) is -0.0872. The zero-order chi connectivity index (χ0) is 18.6. The monoisotopic (exact) mass is 368 g/mol. The predicted octanol–water partition coefficient (Wildman–Crippen LogP) is 2.59. The SMILES string of the molecule is CCC(=O)NS(=O)(=O)c1cccc(N2CCC(C(=O)C(C)C)CC2)c1.[HH]. The molecule has 0 aromatic heterocycles. The van der Waals surface area contributed by atoms with Crippen molar-refractivity contribution in [2.75, 3.05) is 18.0 Å². The lowest BCUT2D eigenvalue weighted by Crippen LogP contribution is -2.37. The molecule has 7 heteroatoms. The second-order valence-corrected chi connectivity index (χ2v) is 8.38. The van der Waals surface area contributed by atoms with E-state index in [2.05, 4.69) is 9.62 Å². The van der Waals surface area contributed by atoms with E-state index in [1.54, 1.807) is 19.1 Å². The zero-order valence-electron chi connectivity index (χ0n) is 15.0. The van der Waals surface area contributed by atoms with Crippen LogP contribution in [0, 0.1) is 11.8 Å². The summed E-state index contributed by atoms with van der Waals surface area (Å²) in [6.07, 6.45) is 1.66. The second kappa shape index (κ2) is 7.99. The van der Waals surface area contributed by atoms with Crippen molar-refractivity contribution in [1.29, 1.82) is 0 Å². The minimum atomic E-state index is -3.85. The molecule has 1 heterocycles. The maximum Gasteiger partial charge on any atom is 0.264 e. The third kappa shape index (κ3) is 4.81. The third-order valence-corrected chi connectivity index (χ3v) is 5.90. The van der Waals surface area contributed by atoms with Gasteiger partial charge in [-0.05, 0) is 31.0 Å². The largest absolute Gasteiger partial charge is 0.371 e. The molecule has 1 amide bonds. The number of hydrogen-bond acceptors (Lipinski definition) is 5. The molecule has 0 bridgehead atoms. The van der Waals surface area contributed by atoms with E-state index in [9.17, 15) is 18.0 Å². The van der Waals surface area contributed by atoms with Gasteiger partial charge in [0, 0.05) is 38.5 Å². The number of Topliss-reactive ketones (excluding diaryl/α,β-unsaturated/α-hetero) is 1. The van der Waals surface area contributed by atoms with Crippen LogP contribution in [0.15, 0.2) is 29.2 Å². The normalized spacial score (nSPS) is 16.1. The Kier molecular flexibility index (Phi) is 6.21. The lowest BCUT2D eigenvalue weighted by atomic mass is 9.87. The molecular weight excluding hydrogens is 340 g/mol. The fourth-order valence-electron chi connectivity index (χ4n) is 3.02. The molecule has 0 aliphatic carbocycles. The third-order valence-electron chi connectivity index (χ3n) is 4.53. The fraction of sp³-hybridized carbons (Fsp3) is 0.556. The number of nitrogens with zero attached hydrogens (tertiary/aromatic N) is 1. The van der Waals surface area contributed by atoms with E-state index in [4.69, 9.17) is 0 Å². The molecule has 0 atom stereocenters. The maximum absolute atomic E-state index is 12.3. The van der Waals surface area contributed by atoms with Crippen LogP contribution < -0.4 is 9.62 Å². The van der Waals surface area contributed by atoms with Crippen LogP contribution in [0.2, 0.25) is 0 Å². The number of amides is 1. The van der Waals surface area contributed by atoms with Crippen molar-refractivity contribution in [3.63, 3.8) is 0 Å². The first kappa shape index (κ1) is 19.4. The number of ketones is 1. The van der Waals surface area contributed by atoms with Gasteiger partial charge >= 0.3 is 0 Å². The van der Waals surface area contributed by atoms with Gasteiger partial charge in [0.1, 0.15) is 5.78 Å². The van der Waals surface area contributed by atoms with Gasteiger partial charge in [-0.3, -0.25) is 9.59 Å². The van der Waals surface area contributed by atoms with Crippen molar-refractivity contribution in [1.82, 2.24) is 4.72 Å². The van der Waals surface area contributed by atoms with Gasteiger partial charge in [-0.15, -0.1) is 0 Å². The topological polar surface area (TPSA) is 83.6 Å². The Bertz CT molecular complexity index is 741. The van der Waals surface area contributed by atoms with Gasteiger partial charge < -0.3 is 4.90 Å². The molecule has 25 heavy (non-hydrogen) atoms. The van der Waals surface area contributed by atoms with Crippen molar-refractivity contribution in [2.45, 2.75) is 44.9 Å². The minimum absolute atomic E-state index is 0. The van der Waals surface area contributed by atoms with Crippen LogP contribution in [0.25, 0.3) is 0 Å². The molecule has 1 fully saturated rings. The molecule has 0 unspecified atom stereocenters. The smallest absolute Gasteiger partial charge is 0.264 e. The van der Waals surface area contributed by atoms with Crippen LogP contribution in [0.3, 0.4) is 0 Å². The first-order valence-electron chi connectivity index (χ1n) is 8.69. The van der Waals surface area contributed by atoms with Gasteiger partial charge in [0.05, 0.1) is 4.90 Å². The number of nitrogens with one attached hydrogen (secondary N) is 1. The average Bonchev–Trinajstić information content (AvgIpc) is 2.60. The molecule has 0 spiro atoms. The number of sulfonamides is 1. The van der Waals surface area contributed by atoms with Gasteiger partial charge in [0.25, 0.3) is 10.0 Å². The Morgan fingerprint density at radius 3 is 2.48 bits per heavy atom. The highest BCUT2D eigenvalue weighted by Crippen LogP contribution is 2.27. The van der Waals surface area contributed by atoms with Gasteiger partial charge in [0.2, 0.25) is 5.91 Å². The summed E-state index contributed by atoms with van der Waals surface area (Å²) >= 11 is 0. The molecule has 140 valence electrons. The van der Waals surface area contributed by atoms with Crippen molar-refractivity contribution < 1.29 is 19.4 Å². The molecule has 0 radical (unpaired) electrons. The van der Waals surface area contributed by atoms with E-state index in [1.807, 2.05) is 19.9 Å². The number of carbonyl (C=O) groups is 2. The van der Waals surface area contributed by atoms with Crippen LogP contribution in [0.5, 0.6) is 0 Å². The number of carbonyl (C=O) groups excluding carboxylic acids is 2. The number of hydrogen-bond donors (Lipinski definition) is 1. The van der Waals surface area contributed by atoms with Crippen molar-refractivity contribution in [3.05, 3.63) is 24.3 Å². The zero-order valence-corrected chi connectivity index (χ0v) is 15.8. The summed E-state index contributed by atoms with van der Waals surface area (Å²) in [7, 11) is -3.85. The molecule has 1 aliphatic heterocycles. The van der Waals surface area contributed by atoms with Gasteiger partial charge in [0.15, 0.2) is 0 Å². The summed E-state index contributed by atoms with van der Waals surface area (Å²) in [5, 5.41) is 0. The number of benzene rings is 1. The Morgan fingerprint density at radius 2 is 1.92 bits per heavy atom. The molecule has 2 rings (SSSR count). The molecular formula is C18H28N2O4S. The highest BCUT2D eigenvalue weighted by Gasteiger charge is 2.27. The van der Waals surface area contributed by atoms with Crippen LogP contribution in [-0.4, -0.2) is 33.2 Å². The summed E-state index contributed by atoms with van der Waals surface area (Å²) < 4.78 is 26.6. The first-order chi connectivity index (χ1) is 11.7. The standard InChI is InChI=1S/C18H26N2O4S.H2/c1-4-17(21)19-25(23,24)16-7-5-6-15(12-16)20-10-8-14(9-11-20)18(22)13(2)3;/h5-7,12-14H,4,8-11H2,1-3H3,(H,19,21);1H. The van der Waals surface area contributed by atoms with Gasteiger partial charge in [-0.25, -0.2) is 13.1 Å². The van der Waals surface area contributed by atoms with Crippen molar-refractivity contribution >= 4 is 27.4 Å². The summed E-state index contributed by atoms with van der Waals surface area (Å²) in [6.45, 7) is 6.88. The molecule has 1 aromatic rings. The van der Waals surface area contributed by atoms with E-state index in [0.717, 1.165) is 18.5 Å². The summed E-state index contributed by atoms with van der Waals surface area (Å²) in [4.78, 5) is 25.7. The Hall–Kier alpha value is -1.89. The van der Waals surface area contributed by atoms with Crippen molar-refractivity contribution in [2.24, 2.45) is 11.8 Å². The van der Waals surface area contributed by atoms with Gasteiger partial charge in [-0.2, -0.15) is 0 Å². The van der Waals surface area contributed by atoms with Crippen molar-refractivity contribution in [3.8, 4) is 0 Å². The molecule has 1 N–H and O–H groups in total. The van der Waals surface area contributed by atoms with E-state index < -0.39 is 15.9 Å². The molecule has 1 saturated heterocycles. The van der Waals surface area contributed by atoms with E-state index in [1.165, 1.54) is 6.07 Å². The maximum atomic E-state index is 12.3. The first-order valence-corrected chi connectivity index (χ1v) is 10.2. The van der Waals surface area contributed by atoms with E-state index in [-0.39, 0.29) is 24.6 Å². The van der Waals surface area contributed by atoms with E-state index in [0.29, 0.717) is 18.9 Å². The van der Waals surface area contributed by atoms with Crippen LogP contribution in [0.1, 0.15) is 41.5 Å². The van der Waals surface area contributed by atoms with E-state index >= 15 is 0 Å². The fourth-order valence-corrected chi connectivity index (χ4v) is 4.12. The lowest BCUT2D eigenvalue weighted by molar-refractivity contribution is -0.126.